The van der Waals surface area contributed by atoms with Crippen molar-refractivity contribution in [1.82, 2.24) is 0 Å². The number of rotatable bonds is 14. The first-order chi connectivity index (χ1) is 15.9. The number of carbonyl (C=O) groups excluding carboxylic acids is 2. The normalized spacial score (nSPS) is 11.0. The van der Waals surface area contributed by atoms with Crippen molar-refractivity contribution in [1.29, 1.82) is 0 Å². The van der Waals surface area contributed by atoms with Crippen LogP contribution in [0.3, 0.4) is 0 Å². The third-order valence-electron chi connectivity index (χ3n) is 4.49. The number of para-hydroxylation sites is 2. The van der Waals surface area contributed by atoms with Gasteiger partial charge in [0.1, 0.15) is 35.8 Å². The maximum atomic E-state index is 12.6. The summed E-state index contributed by atoms with van der Waals surface area (Å²) in [6.45, 7) is 5.24. The first kappa shape index (κ1) is 26.2. The number of benzene rings is 2. The van der Waals surface area contributed by atoms with Gasteiger partial charge < -0.3 is 28.4 Å². The molecule has 0 bridgehead atoms. The van der Waals surface area contributed by atoms with Crippen LogP contribution in [0.5, 0.6) is 11.5 Å². The number of methoxy groups -OCH3 is 2. The van der Waals surface area contributed by atoms with Crippen LogP contribution in [0, 0.1) is 5.41 Å². The van der Waals surface area contributed by atoms with E-state index in [9.17, 15) is 9.59 Å². The quantitative estimate of drug-likeness (QED) is 0.311. The van der Waals surface area contributed by atoms with Gasteiger partial charge in [0.2, 0.25) is 0 Å². The lowest BCUT2D eigenvalue weighted by molar-refractivity contribution is 0.00574. The highest BCUT2D eigenvalue weighted by Gasteiger charge is 2.25. The lowest BCUT2D eigenvalue weighted by atomic mass is 9.96. The molecule has 0 fully saturated rings. The Morgan fingerprint density at radius 1 is 0.667 bits per heavy atom. The number of carbonyl (C=O) groups is 2. The van der Waals surface area contributed by atoms with Gasteiger partial charge in [0.25, 0.3) is 0 Å². The molecule has 0 aromatic heterocycles. The zero-order valence-corrected chi connectivity index (χ0v) is 19.6. The van der Waals surface area contributed by atoms with Crippen LogP contribution in [0.15, 0.2) is 48.5 Å². The fraction of sp³-hybridized carbons (Fsp3) is 0.440. The summed E-state index contributed by atoms with van der Waals surface area (Å²) >= 11 is 0. The molecule has 0 heterocycles. The highest BCUT2D eigenvalue weighted by atomic mass is 16.6. The van der Waals surface area contributed by atoms with Crippen molar-refractivity contribution < 1.29 is 38.0 Å². The Labute approximate surface area is 194 Å². The van der Waals surface area contributed by atoms with Crippen LogP contribution in [-0.4, -0.2) is 65.8 Å². The minimum Gasteiger partial charge on any atom is -0.490 e. The molecule has 180 valence electrons. The van der Waals surface area contributed by atoms with Gasteiger partial charge in [0.15, 0.2) is 0 Å². The number of hydrogen-bond donors (Lipinski definition) is 0. The van der Waals surface area contributed by atoms with Crippen LogP contribution in [0.1, 0.15) is 34.6 Å². The smallest absolute Gasteiger partial charge is 0.341 e. The zero-order valence-electron chi connectivity index (χ0n) is 19.6. The molecule has 2 aromatic rings. The Bertz CT molecular complexity index is 822. The maximum Gasteiger partial charge on any atom is 0.341 e. The van der Waals surface area contributed by atoms with E-state index < -0.39 is 17.4 Å². The lowest BCUT2D eigenvalue weighted by Gasteiger charge is -2.24. The molecule has 2 aromatic carbocycles. The van der Waals surface area contributed by atoms with Gasteiger partial charge in [-0.05, 0) is 24.3 Å². The second-order valence-corrected chi connectivity index (χ2v) is 7.99. The third-order valence-corrected chi connectivity index (χ3v) is 4.49. The molecule has 8 nitrogen and oxygen atoms in total. The molecule has 33 heavy (non-hydrogen) atoms. The van der Waals surface area contributed by atoms with E-state index in [2.05, 4.69) is 0 Å². The van der Waals surface area contributed by atoms with Gasteiger partial charge in [-0.1, -0.05) is 38.1 Å². The summed E-state index contributed by atoms with van der Waals surface area (Å²) in [5.41, 5.74) is 0.0373. The molecule has 0 aliphatic carbocycles. The van der Waals surface area contributed by atoms with Crippen molar-refractivity contribution in [3.8, 4) is 11.5 Å². The lowest BCUT2D eigenvalue weighted by Crippen LogP contribution is -2.29. The van der Waals surface area contributed by atoms with E-state index in [1.165, 1.54) is 0 Å². The maximum absolute atomic E-state index is 12.6. The molecule has 0 aliphatic rings. The fourth-order valence-electron chi connectivity index (χ4n) is 2.71. The SMILES string of the molecule is COCCOc1ccccc1C(=O)OCC(C)(C)COC(=O)c1ccccc1OCCOC. The van der Waals surface area contributed by atoms with Gasteiger partial charge >= 0.3 is 11.9 Å². The summed E-state index contributed by atoms with van der Waals surface area (Å²) < 4.78 is 32.1. The van der Waals surface area contributed by atoms with Crippen molar-refractivity contribution in [3.63, 3.8) is 0 Å². The van der Waals surface area contributed by atoms with E-state index in [1.807, 2.05) is 13.8 Å². The number of esters is 2. The molecular formula is C25H32O8. The van der Waals surface area contributed by atoms with Crippen LogP contribution < -0.4 is 9.47 Å². The molecule has 0 saturated heterocycles. The van der Waals surface area contributed by atoms with E-state index in [4.69, 9.17) is 28.4 Å². The summed E-state index contributed by atoms with van der Waals surface area (Å²) in [4.78, 5) is 25.2. The molecule has 0 atom stereocenters. The summed E-state index contributed by atoms with van der Waals surface area (Å²) in [5, 5.41) is 0. The Balaban J connectivity index is 1.91. The van der Waals surface area contributed by atoms with Gasteiger partial charge in [0, 0.05) is 19.6 Å². The summed E-state index contributed by atoms with van der Waals surface area (Å²) in [5.74, 6) is -0.179. The summed E-state index contributed by atoms with van der Waals surface area (Å²) in [6.07, 6.45) is 0. The Morgan fingerprint density at radius 3 is 1.45 bits per heavy atom. The summed E-state index contributed by atoms with van der Waals surface area (Å²) in [7, 11) is 3.15. The minimum atomic E-state index is -0.608. The molecule has 0 N–H and O–H groups in total. The van der Waals surface area contributed by atoms with Gasteiger partial charge in [0.05, 0.1) is 26.4 Å². The molecule has 8 heteroatoms. The Hall–Kier alpha value is -3.10. The van der Waals surface area contributed by atoms with Gasteiger partial charge in [-0.2, -0.15) is 0 Å². The second-order valence-electron chi connectivity index (χ2n) is 7.99. The largest absolute Gasteiger partial charge is 0.490 e. The zero-order chi connectivity index (χ0) is 24.1. The van der Waals surface area contributed by atoms with Crippen molar-refractivity contribution in [2.45, 2.75) is 13.8 Å². The Kier molecular flexibility index (Phi) is 10.7. The number of hydrogen-bond acceptors (Lipinski definition) is 8. The molecule has 2 rings (SSSR count). The Morgan fingerprint density at radius 2 is 1.06 bits per heavy atom. The van der Waals surface area contributed by atoms with Crippen LogP contribution in [-0.2, 0) is 18.9 Å². The van der Waals surface area contributed by atoms with Crippen LogP contribution in [0.4, 0.5) is 0 Å². The molecule has 0 saturated carbocycles. The first-order valence-corrected chi connectivity index (χ1v) is 10.6. The highest BCUT2D eigenvalue weighted by Crippen LogP contribution is 2.24. The number of ether oxygens (including phenoxy) is 6. The van der Waals surface area contributed by atoms with Crippen molar-refractivity contribution in [3.05, 3.63) is 59.7 Å². The van der Waals surface area contributed by atoms with Crippen molar-refractivity contribution in [2.24, 2.45) is 5.41 Å². The molecular weight excluding hydrogens is 428 g/mol. The fourth-order valence-corrected chi connectivity index (χ4v) is 2.71. The van der Waals surface area contributed by atoms with Gasteiger partial charge in [-0.15, -0.1) is 0 Å². The van der Waals surface area contributed by atoms with E-state index in [-0.39, 0.29) is 13.2 Å². The molecule has 0 spiro atoms. The van der Waals surface area contributed by atoms with Crippen LogP contribution in [0.2, 0.25) is 0 Å². The standard InChI is InChI=1S/C25H32O8/c1-25(2,17-32-23(26)19-9-5-7-11-21(19)30-15-13-28-3)18-33-24(27)20-10-6-8-12-22(20)31-16-14-29-4/h5-12H,13-18H2,1-4H3. The van der Waals surface area contributed by atoms with E-state index >= 15 is 0 Å². The predicted octanol–water partition coefficient (Wildman–Crippen LogP) is 3.78. The van der Waals surface area contributed by atoms with Crippen molar-refractivity contribution >= 4 is 11.9 Å². The topological polar surface area (TPSA) is 89.5 Å². The van der Waals surface area contributed by atoms with Crippen LogP contribution >= 0.6 is 0 Å². The first-order valence-electron chi connectivity index (χ1n) is 10.6. The molecule has 0 aliphatic heterocycles. The summed E-state index contributed by atoms with van der Waals surface area (Å²) in [6, 6.07) is 13.7. The third kappa shape index (κ3) is 8.75. The van der Waals surface area contributed by atoms with Crippen molar-refractivity contribution in [2.75, 3.05) is 53.9 Å². The second kappa shape index (κ2) is 13.4. The average molecular weight is 461 g/mol. The minimum absolute atomic E-state index is 0.0531. The predicted molar refractivity (Wildman–Crippen MR) is 122 cm³/mol. The van der Waals surface area contributed by atoms with Crippen LogP contribution in [0.25, 0.3) is 0 Å². The van der Waals surface area contributed by atoms with Gasteiger partial charge in [-0.25, -0.2) is 9.59 Å². The molecule has 0 radical (unpaired) electrons. The highest BCUT2D eigenvalue weighted by molar-refractivity contribution is 5.93. The van der Waals surface area contributed by atoms with Gasteiger partial charge in [-0.3, -0.25) is 0 Å². The van der Waals surface area contributed by atoms with E-state index in [0.717, 1.165) is 0 Å². The average Bonchev–Trinajstić information content (AvgIpc) is 2.82. The van der Waals surface area contributed by atoms with E-state index in [0.29, 0.717) is 49.1 Å². The molecule has 0 amide bonds. The molecule has 0 unspecified atom stereocenters. The van der Waals surface area contributed by atoms with E-state index in [1.54, 1.807) is 62.8 Å². The monoisotopic (exact) mass is 460 g/mol.